The van der Waals surface area contributed by atoms with Crippen LogP contribution in [0.3, 0.4) is 0 Å². The lowest BCUT2D eigenvalue weighted by molar-refractivity contribution is 0.00200. The largest absolute Gasteiger partial charge is 0.372 e. The Morgan fingerprint density at radius 3 is 2.90 bits per heavy atom. The number of thiophene rings is 1. The molecule has 0 spiro atoms. The summed E-state index contributed by atoms with van der Waals surface area (Å²) in [7, 11) is 0. The van der Waals surface area contributed by atoms with Crippen molar-refractivity contribution in [1.82, 2.24) is 9.55 Å². The minimum Gasteiger partial charge on any atom is -0.372 e. The highest BCUT2D eigenvalue weighted by Crippen LogP contribution is 2.36. The van der Waals surface area contributed by atoms with Gasteiger partial charge in [0.15, 0.2) is 5.16 Å². The summed E-state index contributed by atoms with van der Waals surface area (Å²) in [6, 6.07) is 5.56. The van der Waals surface area contributed by atoms with Crippen LogP contribution in [-0.2, 0) is 30.1 Å². The minimum absolute atomic E-state index is 0.00144. The Labute approximate surface area is 193 Å². The monoisotopic (exact) mass is 480 g/mol. The van der Waals surface area contributed by atoms with E-state index in [2.05, 4.69) is 20.4 Å². The molecular weight excluding hydrogens is 459 g/mol. The van der Waals surface area contributed by atoms with Crippen LogP contribution in [0.1, 0.15) is 29.9 Å². The van der Waals surface area contributed by atoms with Gasteiger partial charge in [0.25, 0.3) is 5.56 Å². The number of rotatable bonds is 6. The Morgan fingerprint density at radius 1 is 1.40 bits per heavy atom. The van der Waals surface area contributed by atoms with Gasteiger partial charge in [-0.25, -0.2) is 4.98 Å². The second-order valence-electron chi connectivity index (χ2n) is 7.62. The van der Waals surface area contributed by atoms with Gasteiger partial charge in [-0.15, -0.1) is 17.9 Å². The lowest BCUT2D eigenvalue weighted by Gasteiger charge is -2.26. The van der Waals surface area contributed by atoms with Crippen LogP contribution in [0.5, 0.6) is 0 Å². The number of aromatic nitrogens is 2. The summed E-state index contributed by atoms with van der Waals surface area (Å²) in [5.41, 5.74) is 2.13. The molecule has 0 unspecified atom stereocenters. The van der Waals surface area contributed by atoms with Crippen LogP contribution in [0.15, 0.2) is 40.8 Å². The molecule has 1 aliphatic heterocycles. The normalized spacial score (nSPS) is 16.2. The highest BCUT2D eigenvalue weighted by atomic mass is 35.5. The van der Waals surface area contributed by atoms with Gasteiger partial charge >= 0.3 is 0 Å². The fourth-order valence-corrected chi connectivity index (χ4v) is 5.98. The average Bonchev–Trinajstić information content (AvgIpc) is 3.09. The van der Waals surface area contributed by atoms with Crippen LogP contribution >= 0.6 is 46.3 Å². The van der Waals surface area contributed by atoms with Gasteiger partial charge in [-0.2, -0.15) is 0 Å². The predicted molar refractivity (Wildman–Crippen MR) is 127 cm³/mol. The van der Waals surface area contributed by atoms with E-state index in [1.807, 2.05) is 12.1 Å². The summed E-state index contributed by atoms with van der Waals surface area (Å²) < 4.78 is 7.71. The first-order chi connectivity index (χ1) is 14.4. The Hall–Kier alpha value is -1.31. The molecule has 4 nitrogen and oxygen atoms in total. The van der Waals surface area contributed by atoms with Crippen molar-refractivity contribution < 1.29 is 4.74 Å². The molecule has 4 rings (SSSR count). The second kappa shape index (κ2) is 9.05. The maximum Gasteiger partial charge on any atom is 0.263 e. The number of nitrogens with zero attached hydrogens (tertiary/aromatic N) is 2. The van der Waals surface area contributed by atoms with Crippen molar-refractivity contribution in [3.05, 3.63) is 67.3 Å². The van der Waals surface area contributed by atoms with Crippen molar-refractivity contribution in [3.63, 3.8) is 0 Å². The summed E-state index contributed by atoms with van der Waals surface area (Å²) >= 11 is 15.2. The van der Waals surface area contributed by atoms with Gasteiger partial charge in [-0.1, -0.05) is 61.0 Å². The first-order valence-electron chi connectivity index (χ1n) is 9.73. The molecule has 3 heterocycles. The van der Waals surface area contributed by atoms with E-state index in [-0.39, 0.29) is 11.7 Å². The molecule has 0 N–H and O–H groups in total. The van der Waals surface area contributed by atoms with Crippen LogP contribution in [-0.4, -0.2) is 15.7 Å². The molecule has 0 aliphatic carbocycles. The Bertz CT molecular complexity index is 1170. The van der Waals surface area contributed by atoms with Crippen LogP contribution in [0.25, 0.3) is 10.2 Å². The van der Waals surface area contributed by atoms with Crippen LogP contribution < -0.4 is 5.56 Å². The predicted octanol–water partition coefficient (Wildman–Crippen LogP) is 6.34. The zero-order valence-corrected chi connectivity index (χ0v) is 19.9. The van der Waals surface area contributed by atoms with Gasteiger partial charge in [0.2, 0.25) is 0 Å². The number of allylic oxidation sites excluding steroid dienone is 1. The van der Waals surface area contributed by atoms with Gasteiger partial charge in [0, 0.05) is 23.6 Å². The van der Waals surface area contributed by atoms with E-state index >= 15 is 0 Å². The van der Waals surface area contributed by atoms with E-state index < -0.39 is 0 Å². The van der Waals surface area contributed by atoms with Crippen LogP contribution in [0.2, 0.25) is 10.0 Å². The molecule has 1 aliphatic rings. The molecule has 0 saturated carbocycles. The maximum absolute atomic E-state index is 13.4. The molecule has 0 bridgehead atoms. The molecule has 0 fully saturated rings. The van der Waals surface area contributed by atoms with Crippen LogP contribution in [0, 0.1) is 5.92 Å². The topological polar surface area (TPSA) is 44.1 Å². The molecule has 158 valence electrons. The lowest BCUT2D eigenvalue weighted by Crippen LogP contribution is -2.28. The van der Waals surface area contributed by atoms with Gasteiger partial charge in [0.1, 0.15) is 4.83 Å². The van der Waals surface area contributed by atoms with E-state index in [9.17, 15) is 4.79 Å². The summed E-state index contributed by atoms with van der Waals surface area (Å²) in [6.45, 7) is 9.08. The molecule has 2 aromatic heterocycles. The van der Waals surface area contributed by atoms with Crippen molar-refractivity contribution in [2.24, 2.45) is 5.92 Å². The van der Waals surface area contributed by atoms with Gasteiger partial charge in [0.05, 0.1) is 28.1 Å². The molecule has 30 heavy (non-hydrogen) atoms. The number of fused-ring (bicyclic) bond motifs is 3. The van der Waals surface area contributed by atoms with Crippen molar-refractivity contribution in [3.8, 4) is 0 Å². The number of hydrogen-bond acceptors (Lipinski definition) is 5. The standard InChI is InChI=1S/C22H22Cl2N2O2S2/c1-4-7-26-21(27)19-14-9-17(12(2)3)28-10-18(14)30-20(19)25-22(26)29-11-13-5-6-15(23)16(24)8-13/h4-6,8,12,17H,1,7,9-11H2,2-3H3/t17-/m0/s1. The third kappa shape index (κ3) is 4.21. The number of hydrogen-bond donors (Lipinski definition) is 0. The summed E-state index contributed by atoms with van der Waals surface area (Å²) in [5.74, 6) is 1.03. The van der Waals surface area contributed by atoms with E-state index in [1.54, 1.807) is 28.0 Å². The zero-order chi connectivity index (χ0) is 21.4. The smallest absolute Gasteiger partial charge is 0.263 e. The van der Waals surface area contributed by atoms with Gasteiger partial charge in [-0.05, 0) is 29.2 Å². The number of halogens is 2. The first-order valence-corrected chi connectivity index (χ1v) is 12.3. The van der Waals surface area contributed by atoms with E-state index in [1.165, 1.54) is 11.8 Å². The minimum atomic E-state index is -0.00144. The third-order valence-electron chi connectivity index (χ3n) is 5.20. The SMILES string of the molecule is C=CCn1c(SCc2ccc(Cl)c(Cl)c2)nc2sc3c(c2c1=O)C[C@@H](C(C)C)OC3. The molecule has 0 amide bonds. The molecular formula is C22H22Cl2N2O2S2. The Balaban J connectivity index is 1.73. The first kappa shape index (κ1) is 21.9. The van der Waals surface area contributed by atoms with E-state index in [4.69, 9.17) is 32.9 Å². The Morgan fingerprint density at radius 2 is 2.20 bits per heavy atom. The number of benzene rings is 1. The third-order valence-corrected chi connectivity index (χ3v) is 8.09. The lowest BCUT2D eigenvalue weighted by atomic mass is 9.96. The van der Waals surface area contributed by atoms with Gasteiger partial charge in [-0.3, -0.25) is 9.36 Å². The van der Waals surface area contributed by atoms with Crippen molar-refractivity contribution in [1.29, 1.82) is 0 Å². The fraction of sp³-hybridized carbons (Fsp3) is 0.364. The Kier molecular flexibility index (Phi) is 6.61. The van der Waals surface area contributed by atoms with Crippen molar-refractivity contribution in [2.75, 3.05) is 0 Å². The van der Waals surface area contributed by atoms with Crippen LogP contribution in [0.4, 0.5) is 0 Å². The number of ether oxygens (including phenoxy) is 1. The zero-order valence-electron chi connectivity index (χ0n) is 16.8. The second-order valence-corrected chi connectivity index (χ2v) is 10.5. The summed E-state index contributed by atoms with van der Waals surface area (Å²) in [4.78, 5) is 20.2. The van der Waals surface area contributed by atoms with E-state index in [0.29, 0.717) is 40.0 Å². The van der Waals surface area contributed by atoms with E-state index in [0.717, 1.165) is 32.6 Å². The molecule has 1 atom stereocenters. The molecule has 0 saturated heterocycles. The maximum atomic E-state index is 13.4. The quantitative estimate of drug-likeness (QED) is 0.234. The summed E-state index contributed by atoms with van der Waals surface area (Å²) in [5, 5.41) is 2.47. The molecule has 8 heteroatoms. The highest BCUT2D eigenvalue weighted by Gasteiger charge is 2.28. The molecule has 0 radical (unpaired) electrons. The number of thioether (sulfide) groups is 1. The van der Waals surface area contributed by atoms with Crippen molar-refractivity contribution >= 4 is 56.5 Å². The van der Waals surface area contributed by atoms with Gasteiger partial charge < -0.3 is 4.74 Å². The molecule has 1 aromatic carbocycles. The average molecular weight is 481 g/mol. The fourth-order valence-electron chi connectivity index (χ4n) is 3.55. The highest BCUT2D eigenvalue weighted by molar-refractivity contribution is 7.98. The van der Waals surface area contributed by atoms with Crippen molar-refractivity contribution in [2.45, 2.75) is 50.4 Å². The molecule has 3 aromatic rings. The summed E-state index contributed by atoms with van der Waals surface area (Å²) in [6.07, 6.45) is 2.62.